The highest BCUT2D eigenvalue weighted by Gasteiger charge is 2.44. The van der Waals surface area contributed by atoms with Gasteiger partial charge in [0.1, 0.15) is 17.3 Å². The molecule has 1 aromatic rings. The Bertz CT molecular complexity index is 587. The van der Waals surface area contributed by atoms with Crippen molar-refractivity contribution in [2.45, 2.75) is 57.1 Å². The minimum atomic E-state index is -0.895. The summed E-state index contributed by atoms with van der Waals surface area (Å²) in [6.07, 6.45) is 3.11. The van der Waals surface area contributed by atoms with Gasteiger partial charge in [-0.15, -0.1) is 0 Å². The molecule has 0 radical (unpaired) electrons. The van der Waals surface area contributed by atoms with Crippen molar-refractivity contribution < 1.29 is 19.4 Å². The van der Waals surface area contributed by atoms with Crippen LogP contribution in [-0.4, -0.2) is 54.4 Å². The minimum Gasteiger partial charge on any atom is -0.490 e. The van der Waals surface area contributed by atoms with Crippen LogP contribution in [0.15, 0.2) is 24.3 Å². The number of carboxylic acids is 1. The van der Waals surface area contributed by atoms with Crippen LogP contribution in [0.5, 0.6) is 5.75 Å². The predicted octanol–water partition coefficient (Wildman–Crippen LogP) is 3.07. The third-order valence-corrected chi connectivity index (χ3v) is 5.66. The molecule has 0 aromatic heterocycles. The largest absolute Gasteiger partial charge is 0.490 e. The molecule has 1 N–H and O–H groups in total. The van der Waals surface area contributed by atoms with Gasteiger partial charge in [-0.3, -0.25) is 4.79 Å². The van der Waals surface area contributed by atoms with Gasteiger partial charge in [-0.25, -0.2) is 0 Å². The monoisotopic (exact) mass is 347 g/mol. The maximum absolute atomic E-state index is 12.1. The molecule has 2 fully saturated rings. The summed E-state index contributed by atoms with van der Waals surface area (Å²) in [5.41, 5.74) is -0.0925. The molecule has 5 heteroatoms. The van der Waals surface area contributed by atoms with E-state index in [9.17, 15) is 9.90 Å². The molecule has 25 heavy (non-hydrogen) atoms. The van der Waals surface area contributed by atoms with E-state index in [1.54, 1.807) is 0 Å². The van der Waals surface area contributed by atoms with E-state index in [0.717, 1.165) is 37.2 Å². The first-order chi connectivity index (χ1) is 12.0. The summed E-state index contributed by atoms with van der Waals surface area (Å²) in [5.74, 6) is -0.0451. The van der Waals surface area contributed by atoms with Gasteiger partial charge in [0.2, 0.25) is 0 Å². The van der Waals surface area contributed by atoms with E-state index in [-0.39, 0.29) is 6.10 Å². The molecule has 1 aromatic carbocycles. The number of para-hydroxylation sites is 1. The number of hydrogen-bond acceptors (Lipinski definition) is 4. The Kier molecular flexibility index (Phi) is 5.64. The second-order valence-electron chi connectivity index (χ2n) is 7.44. The molecular weight excluding hydrogens is 318 g/mol. The first-order valence-corrected chi connectivity index (χ1v) is 9.34. The number of piperidine rings is 1. The lowest BCUT2D eigenvalue weighted by atomic mass is 9.74. The predicted molar refractivity (Wildman–Crippen MR) is 96.2 cm³/mol. The number of carboxylic acid groups (broad SMARTS) is 1. The maximum Gasteiger partial charge on any atom is 0.314 e. The number of ether oxygens (including phenoxy) is 2. The van der Waals surface area contributed by atoms with Gasteiger partial charge in [-0.05, 0) is 45.6 Å². The summed E-state index contributed by atoms with van der Waals surface area (Å²) in [5, 5.41) is 9.95. The van der Waals surface area contributed by atoms with E-state index >= 15 is 0 Å². The van der Waals surface area contributed by atoms with Crippen LogP contribution < -0.4 is 4.74 Å². The Morgan fingerprint density at radius 1 is 1.24 bits per heavy atom. The fourth-order valence-corrected chi connectivity index (χ4v) is 3.97. The SMILES string of the molecule is CC(C)N1CCC(Oc2ccccc2C2(C(=O)O)CCOCC2)CC1. The third-order valence-electron chi connectivity index (χ3n) is 5.66. The molecule has 2 aliphatic heterocycles. The number of nitrogens with zero attached hydrogens (tertiary/aromatic N) is 1. The van der Waals surface area contributed by atoms with Crippen molar-refractivity contribution in [3.63, 3.8) is 0 Å². The molecule has 5 nitrogen and oxygen atoms in total. The molecule has 0 atom stereocenters. The van der Waals surface area contributed by atoms with E-state index in [4.69, 9.17) is 9.47 Å². The zero-order chi connectivity index (χ0) is 17.9. The van der Waals surface area contributed by atoms with Crippen LogP contribution in [0, 0.1) is 0 Å². The first kappa shape index (κ1) is 18.2. The van der Waals surface area contributed by atoms with E-state index in [1.165, 1.54) is 0 Å². The number of rotatable bonds is 5. The average Bonchev–Trinajstić information content (AvgIpc) is 2.63. The molecule has 0 unspecified atom stereocenters. The van der Waals surface area contributed by atoms with Crippen molar-refractivity contribution in [3.8, 4) is 5.75 Å². The van der Waals surface area contributed by atoms with Crippen molar-refractivity contribution in [3.05, 3.63) is 29.8 Å². The molecule has 0 amide bonds. The van der Waals surface area contributed by atoms with Crippen molar-refractivity contribution in [2.75, 3.05) is 26.3 Å². The first-order valence-electron chi connectivity index (χ1n) is 9.34. The van der Waals surface area contributed by atoms with Crippen molar-refractivity contribution in [1.29, 1.82) is 0 Å². The van der Waals surface area contributed by atoms with Gasteiger partial charge in [-0.1, -0.05) is 18.2 Å². The van der Waals surface area contributed by atoms with Gasteiger partial charge in [0, 0.05) is 37.9 Å². The number of hydrogen-bond donors (Lipinski definition) is 1. The summed E-state index contributed by atoms with van der Waals surface area (Å²) >= 11 is 0. The van der Waals surface area contributed by atoms with E-state index in [0.29, 0.717) is 32.1 Å². The van der Waals surface area contributed by atoms with Crippen LogP contribution >= 0.6 is 0 Å². The fourth-order valence-electron chi connectivity index (χ4n) is 3.97. The fraction of sp³-hybridized carbons (Fsp3) is 0.650. The Morgan fingerprint density at radius 2 is 1.88 bits per heavy atom. The maximum atomic E-state index is 12.1. The highest BCUT2D eigenvalue weighted by Crippen LogP contribution is 2.40. The average molecular weight is 347 g/mol. The van der Waals surface area contributed by atoms with Gasteiger partial charge in [0.15, 0.2) is 0 Å². The molecule has 138 valence electrons. The zero-order valence-corrected chi connectivity index (χ0v) is 15.2. The van der Waals surface area contributed by atoms with Gasteiger partial charge >= 0.3 is 5.97 Å². The summed E-state index contributed by atoms with van der Waals surface area (Å²) in [4.78, 5) is 14.6. The summed E-state index contributed by atoms with van der Waals surface area (Å²) in [6, 6.07) is 8.23. The molecule has 3 rings (SSSR count). The van der Waals surface area contributed by atoms with Gasteiger partial charge in [0.05, 0.1) is 0 Å². The molecular formula is C20H29NO4. The van der Waals surface area contributed by atoms with Crippen molar-refractivity contribution in [1.82, 2.24) is 4.90 Å². The Hall–Kier alpha value is -1.59. The minimum absolute atomic E-state index is 0.154. The van der Waals surface area contributed by atoms with Crippen LogP contribution in [0.25, 0.3) is 0 Å². The Labute approximate surface area is 149 Å². The quantitative estimate of drug-likeness (QED) is 0.887. The Balaban J connectivity index is 1.78. The van der Waals surface area contributed by atoms with Crippen LogP contribution in [0.1, 0.15) is 45.1 Å². The molecule has 0 aliphatic carbocycles. The molecule has 0 bridgehead atoms. The van der Waals surface area contributed by atoms with E-state index in [1.807, 2.05) is 24.3 Å². The number of benzene rings is 1. The number of carbonyl (C=O) groups is 1. The second-order valence-corrected chi connectivity index (χ2v) is 7.44. The van der Waals surface area contributed by atoms with Gasteiger partial charge < -0.3 is 19.5 Å². The van der Waals surface area contributed by atoms with Crippen LogP contribution in [0.2, 0.25) is 0 Å². The Morgan fingerprint density at radius 3 is 2.48 bits per heavy atom. The van der Waals surface area contributed by atoms with Crippen LogP contribution in [0.3, 0.4) is 0 Å². The van der Waals surface area contributed by atoms with Crippen molar-refractivity contribution >= 4 is 5.97 Å². The molecule has 2 saturated heterocycles. The highest BCUT2D eigenvalue weighted by atomic mass is 16.5. The second kappa shape index (κ2) is 7.75. The van der Waals surface area contributed by atoms with Gasteiger partial charge in [-0.2, -0.15) is 0 Å². The molecule has 0 saturated carbocycles. The smallest absolute Gasteiger partial charge is 0.314 e. The molecule has 2 heterocycles. The van der Waals surface area contributed by atoms with Crippen LogP contribution in [-0.2, 0) is 14.9 Å². The lowest BCUT2D eigenvalue weighted by molar-refractivity contribution is -0.148. The van der Waals surface area contributed by atoms with E-state index < -0.39 is 11.4 Å². The third kappa shape index (κ3) is 3.82. The van der Waals surface area contributed by atoms with E-state index in [2.05, 4.69) is 18.7 Å². The zero-order valence-electron chi connectivity index (χ0n) is 15.2. The standard InChI is InChI=1S/C20H29NO4/c1-15(2)21-11-7-16(8-12-21)25-18-6-4-3-5-17(18)20(19(22)23)9-13-24-14-10-20/h3-6,15-16H,7-14H2,1-2H3,(H,22,23). The highest BCUT2D eigenvalue weighted by molar-refractivity contribution is 5.82. The summed E-state index contributed by atoms with van der Waals surface area (Å²) in [6.45, 7) is 7.46. The molecule has 2 aliphatic rings. The lowest BCUT2D eigenvalue weighted by Gasteiger charge is -2.37. The van der Waals surface area contributed by atoms with Gasteiger partial charge in [0.25, 0.3) is 0 Å². The van der Waals surface area contributed by atoms with Crippen LogP contribution in [0.4, 0.5) is 0 Å². The topological polar surface area (TPSA) is 59.0 Å². The summed E-state index contributed by atoms with van der Waals surface area (Å²) < 4.78 is 11.7. The van der Waals surface area contributed by atoms with Crippen molar-refractivity contribution in [2.24, 2.45) is 0 Å². The normalized spacial score (nSPS) is 22.0. The number of likely N-dealkylation sites (tertiary alicyclic amines) is 1. The lowest BCUT2D eigenvalue weighted by Crippen LogP contribution is -2.43. The number of aliphatic carboxylic acids is 1. The summed E-state index contributed by atoms with van der Waals surface area (Å²) in [7, 11) is 0. The molecule has 0 spiro atoms.